The van der Waals surface area contributed by atoms with Crippen LogP contribution in [0.1, 0.15) is 18.4 Å². The Bertz CT molecular complexity index is 653. The Kier molecular flexibility index (Phi) is 2.93. The average molecular weight is 291 g/mol. The SMILES string of the molecule is Cc1cccc(NC(=O)NC23CC(C2)C(=O)NC3=O)c1F. The zero-order chi connectivity index (χ0) is 15.2. The number of piperidine rings is 2. The molecule has 4 amide bonds. The van der Waals surface area contributed by atoms with Crippen LogP contribution in [0, 0.1) is 18.7 Å². The molecule has 0 unspecified atom stereocenters. The van der Waals surface area contributed by atoms with Crippen molar-refractivity contribution in [2.75, 3.05) is 5.32 Å². The van der Waals surface area contributed by atoms with Gasteiger partial charge in [-0.1, -0.05) is 12.1 Å². The van der Waals surface area contributed by atoms with Crippen LogP contribution >= 0.6 is 0 Å². The fraction of sp³-hybridized carbons (Fsp3) is 0.357. The molecule has 7 heteroatoms. The van der Waals surface area contributed by atoms with Crippen LogP contribution in [0.5, 0.6) is 0 Å². The smallest absolute Gasteiger partial charge is 0.320 e. The van der Waals surface area contributed by atoms with Crippen molar-refractivity contribution in [3.8, 4) is 0 Å². The summed E-state index contributed by atoms with van der Waals surface area (Å²) in [6.45, 7) is 1.59. The van der Waals surface area contributed by atoms with Gasteiger partial charge in [-0.15, -0.1) is 0 Å². The van der Waals surface area contributed by atoms with E-state index in [1.165, 1.54) is 6.07 Å². The Hall–Kier alpha value is -2.44. The highest BCUT2D eigenvalue weighted by Gasteiger charge is 2.58. The summed E-state index contributed by atoms with van der Waals surface area (Å²) in [5.74, 6) is -1.55. The normalized spacial score (nSPS) is 26.7. The van der Waals surface area contributed by atoms with Gasteiger partial charge in [-0.3, -0.25) is 14.9 Å². The summed E-state index contributed by atoms with van der Waals surface area (Å²) in [5, 5.41) is 7.15. The number of halogens is 1. The highest BCUT2D eigenvalue weighted by Crippen LogP contribution is 2.41. The number of rotatable bonds is 2. The van der Waals surface area contributed by atoms with Crippen molar-refractivity contribution in [3.05, 3.63) is 29.6 Å². The molecule has 1 aromatic carbocycles. The Labute approximate surface area is 120 Å². The van der Waals surface area contributed by atoms with Crippen molar-refractivity contribution >= 4 is 23.5 Å². The van der Waals surface area contributed by atoms with E-state index in [-0.39, 0.29) is 17.5 Å². The number of hydrogen-bond donors (Lipinski definition) is 3. The summed E-state index contributed by atoms with van der Waals surface area (Å²) >= 11 is 0. The van der Waals surface area contributed by atoms with E-state index in [9.17, 15) is 18.8 Å². The Morgan fingerprint density at radius 3 is 2.76 bits per heavy atom. The van der Waals surface area contributed by atoms with E-state index in [0.29, 0.717) is 18.4 Å². The minimum atomic E-state index is -1.05. The maximum atomic E-state index is 13.8. The van der Waals surface area contributed by atoms with Gasteiger partial charge >= 0.3 is 6.03 Å². The second-order valence-electron chi connectivity index (χ2n) is 5.52. The van der Waals surface area contributed by atoms with Crippen LogP contribution in [-0.4, -0.2) is 23.4 Å². The third kappa shape index (κ3) is 2.14. The molecule has 1 aliphatic carbocycles. The quantitative estimate of drug-likeness (QED) is 0.712. The van der Waals surface area contributed by atoms with Crippen LogP contribution in [0.3, 0.4) is 0 Å². The maximum Gasteiger partial charge on any atom is 0.320 e. The molecule has 2 aliphatic heterocycles. The van der Waals surface area contributed by atoms with Crippen LogP contribution < -0.4 is 16.0 Å². The molecule has 4 rings (SSSR count). The van der Waals surface area contributed by atoms with Gasteiger partial charge in [-0.05, 0) is 31.4 Å². The van der Waals surface area contributed by atoms with Crippen molar-refractivity contribution in [1.82, 2.24) is 10.6 Å². The second-order valence-corrected chi connectivity index (χ2v) is 5.52. The molecule has 0 atom stereocenters. The first-order valence-corrected chi connectivity index (χ1v) is 6.61. The number of carbonyl (C=O) groups is 3. The Morgan fingerprint density at radius 1 is 1.38 bits per heavy atom. The van der Waals surface area contributed by atoms with Gasteiger partial charge in [0.1, 0.15) is 11.4 Å². The molecule has 3 N–H and O–H groups in total. The predicted molar refractivity (Wildman–Crippen MR) is 71.9 cm³/mol. The fourth-order valence-electron chi connectivity index (χ4n) is 2.76. The third-order valence-electron chi connectivity index (χ3n) is 4.02. The van der Waals surface area contributed by atoms with Gasteiger partial charge < -0.3 is 10.6 Å². The summed E-state index contributed by atoms with van der Waals surface area (Å²) < 4.78 is 13.8. The number of aryl methyl sites for hydroxylation is 1. The van der Waals surface area contributed by atoms with Gasteiger partial charge in [0.25, 0.3) is 5.91 Å². The van der Waals surface area contributed by atoms with Crippen LogP contribution in [0.25, 0.3) is 0 Å². The molecule has 3 fully saturated rings. The zero-order valence-electron chi connectivity index (χ0n) is 11.3. The number of amides is 4. The van der Waals surface area contributed by atoms with Crippen LogP contribution in [0.4, 0.5) is 14.9 Å². The summed E-state index contributed by atoms with van der Waals surface area (Å²) in [6.07, 6.45) is 0.586. The number of hydrogen-bond acceptors (Lipinski definition) is 3. The van der Waals surface area contributed by atoms with Gasteiger partial charge in [-0.2, -0.15) is 0 Å². The minimum Gasteiger partial charge on any atom is -0.323 e. The molecule has 1 saturated carbocycles. The first-order chi connectivity index (χ1) is 9.91. The number of imide groups is 1. The molecule has 2 heterocycles. The second kappa shape index (κ2) is 4.54. The van der Waals surface area contributed by atoms with Gasteiger partial charge in [0.15, 0.2) is 0 Å². The highest BCUT2D eigenvalue weighted by atomic mass is 19.1. The summed E-state index contributed by atoms with van der Waals surface area (Å²) in [4.78, 5) is 35.1. The fourth-order valence-corrected chi connectivity index (χ4v) is 2.76. The Morgan fingerprint density at radius 2 is 2.10 bits per heavy atom. The van der Waals surface area contributed by atoms with Gasteiger partial charge in [0, 0.05) is 5.92 Å². The topological polar surface area (TPSA) is 87.3 Å². The molecule has 3 aliphatic rings. The van der Waals surface area contributed by atoms with Crippen molar-refractivity contribution in [3.63, 3.8) is 0 Å². The molecule has 110 valence electrons. The Balaban J connectivity index is 1.69. The molecule has 21 heavy (non-hydrogen) atoms. The lowest BCUT2D eigenvalue weighted by molar-refractivity contribution is -0.151. The first-order valence-electron chi connectivity index (χ1n) is 6.61. The molecule has 0 radical (unpaired) electrons. The monoisotopic (exact) mass is 291 g/mol. The third-order valence-corrected chi connectivity index (χ3v) is 4.02. The van der Waals surface area contributed by atoms with E-state index < -0.39 is 23.3 Å². The summed E-state index contributed by atoms with van der Waals surface area (Å²) in [6, 6.07) is 3.99. The molecule has 6 nitrogen and oxygen atoms in total. The van der Waals surface area contributed by atoms with Gasteiger partial charge in [0.2, 0.25) is 5.91 Å². The number of nitrogens with one attached hydrogen (secondary N) is 3. The van der Waals surface area contributed by atoms with E-state index >= 15 is 0 Å². The zero-order valence-corrected chi connectivity index (χ0v) is 11.3. The van der Waals surface area contributed by atoms with E-state index in [0.717, 1.165) is 0 Å². The van der Waals surface area contributed by atoms with Crippen molar-refractivity contribution in [2.45, 2.75) is 25.3 Å². The molecule has 0 aromatic heterocycles. The lowest BCUT2D eigenvalue weighted by Crippen LogP contribution is -2.73. The van der Waals surface area contributed by atoms with Crippen molar-refractivity contribution in [2.24, 2.45) is 5.92 Å². The van der Waals surface area contributed by atoms with Crippen molar-refractivity contribution in [1.29, 1.82) is 0 Å². The maximum absolute atomic E-state index is 13.8. The van der Waals surface area contributed by atoms with Gasteiger partial charge in [-0.25, -0.2) is 9.18 Å². The largest absolute Gasteiger partial charge is 0.323 e. The minimum absolute atomic E-state index is 0.0482. The predicted octanol–water partition coefficient (Wildman–Crippen LogP) is 1.06. The van der Waals surface area contributed by atoms with E-state index in [4.69, 9.17) is 0 Å². The lowest BCUT2D eigenvalue weighted by atomic mass is 9.64. The summed E-state index contributed by atoms with van der Waals surface area (Å²) in [7, 11) is 0. The molecule has 1 aromatic rings. The first kappa shape index (κ1) is 13.5. The number of fused-ring (bicyclic) bond motifs is 2. The number of urea groups is 1. The molecular weight excluding hydrogens is 277 g/mol. The average Bonchev–Trinajstić information content (AvgIpc) is 2.37. The van der Waals surface area contributed by atoms with E-state index in [1.54, 1.807) is 19.1 Å². The van der Waals surface area contributed by atoms with Crippen molar-refractivity contribution < 1.29 is 18.8 Å². The molecule has 0 spiro atoms. The summed E-state index contributed by atoms with van der Waals surface area (Å²) in [5.41, 5.74) is -0.592. The standard InChI is InChI=1S/C14H14FN3O3/c1-7-3-2-4-9(10(7)15)16-13(21)18-14-5-8(6-14)11(19)17-12(14)20/h2-4,8H,5-6H2,1H3,(H2,16,18,21)(H,17,19,20). The van der Waals surface area contributed by atoms with E-state index in [2.05, 4.69) is 16.0 Å². The molecule has 2 saturated heterocycles. The number of benzene rings is 1. The number of carbonyl (C=O) groups excluding carboxylic acids is 3. The molecular formula is C14H14FN3O3. The van der Waals surface area contributed by atoms with Crippen LogP contribution in [0.15, 0.2) is 18.2 Å². The van der Waals surface area contributed by atoms with E-state index in [1.807, 2.05) is 0 Å². The molecule has 2 bridgehead atoms. The van der Waals surface area contributed by atoms with Gasteiger partial charge in [0.05, 0.1) is 5.69 Å². The lowest BCUT2D eigenvalue weighted by Gasteiger charge is -2.49. The highest BCUT2D eigenvalue weighted by molar-refractivity contribution is 6.09. The number of anilines is 1. The van der Waals surface area contributed by atoms with Crippen LogP contribution in [0.2, 0.25) is 0 Å². The van der Waals surface area contributed by atoms with Crippen LogP contribution in [-0.2, 0) is 9.59 Å².